The quantitative estimate of drug-likeness (QED) is 0.885. The fraction of sp³-hybridized carbons (Fsp3) is 0.316. The minimum Gasteiger partial charge on any atom is -0.477 e. The van der Waals surface area contributed by atoms with Crippen molar-refractivity contribution in [2.24, 2.45) is 5.92 Å². The second kappa shape index (κ2) is 6.83. The van der Waals surface area contributed by atoms with E-state index in [1.807, 2.05) is 30.3 Å². The number of nitrogens with zero attached hydrogens (tertiary/aromatic N) is 2. The van der Waals surface area contributed by atoms with Gasteiger partial charge in [-0.05, 0) is 43.4 Å². The van der Waals surface area contributed by atoms with E-state index in [0.29, 0.717) is 12.5 Å². The molecule has 1 atom stereocenters. The number of pyridine rings is 1. The normalized spacial score (nSPS) is 14.9. The molecule has 2 aromatic rings. The van der Waals surface area contributed by atoms with Gasteiger partial charge < -0.3 is 10.0 Å². The van der Waals surface area contributed by atoms with E-state index in [1.165, 1.54) is 6.07 Å². The highest BCUT2D eigenvalue weighted by atomic mass is 16.4. The number of amides is 1. The lowest BCUT2D eigenvalue weighted by molar-refractivity contribution is 0.0647. The van der Waals surface area contributed by atoms with Gasteiger partial charge in [-0.15, -0.1) is 0 Å². The Balaban J connectivity index is 1.88. The number of hydrogen-bond acceptors (Lipinski definition) is 3. The average molecular weight is 324 g/mol. The predicted molar refractivity (Wildman–Crippen MR) is 89.7 cm³/mol. The summed E-state index contributed by atoms with van der Waals surface area (Å²) in [4.78, 5) is 29.9. The van der Waals surface area contributed by atoms with Crippen molar-refractivity contribution in [3.05, 3.63) is 65.5 Å². The van der Waals surface area contributed by atoms with Crippen molar-refractivity contribution >= 4 is 11.9 Å². The maximum Gasteiger partial charge on any atom is 0.354 e. The van der Waals surface area contributed by atoms with Crippen molar-refractivity contribution in [2.45, 2.75) is 32.4 Å². The fourth-order valence-electron chi connectivity index (χ4n) is 2.83. The fourth-order valence-corrected chi connectivity index (χ4v) is 2.83. The Kier molecular flexibility index (Phi) is 4.60. The number of aromatic nitrogens is 1. The lowest BCUT2D eigenvalue weighted by atomic mass is 10.1. The molecule has 1 unspecified atom stereocenters. The van der Waals surface area contributed by atoms with Gasteiger partial charge in [-0.25, -0.2) is 9.78 Å². The summed E-state index contributed by atoms with van der Waals surface area (Å²) in [5.41, 5.74) is 1.12. The maximum atomic E-state index is 13.0. The third-order valence-corrected chi connectivity index (χ3v) is 4.44. The van der Waals surface area contributed by atoms with Gasteiger partial charge in [0.05, 0.1) is 0 Å². The van der Waals surface area contributed by atoms with Gasteiger partial charge in [0.15, 0.2) is 0 Å². The van der Waals surface area contributed by atoms with Crippen molar-refractivity contribution < 1.29 is 14.7 Å². The Labute approximate surface area is 140 Å². The first-order chi connectivity index (χ1) is 11.6. The molecule has 0 radical (unpaired) electrons. The molecule has 1 N–H and O–H groups in total. The highest BCUT2D eigenvalue weighted by Crippen LogP contribution is 2.36. The monoisotopic (exact) mass is 324 g/mol. The SMILES string of the molecule is CC(C1CC1)N(Cc1ccccc1)C(=O)c1cccc(C(=O)O)n1. The van der Waals surface area contributed by atoms with Gasteiger partial charge in [0.25, 0.3) is 5.91 Å². The standard InChI is InChI=1S/C19H20N2O3/c1-13(15-10-11-15)21(12-14-6-3-2-4-7-14)18(22)16-8-5-9-17(20-16)19(23)24/h2-9,13,15H,10-12H2,1H3,(H,23,24). The number of aromatic carboxylic acids is 1. The summed E-state index contributed by atoms with van der Waals surface area (Å²) in [6.07, 6.45) is 2.25. The van der Waals surface area contributed by atoms with Crippen molar-refractivity contribution in [3.8, 4) is 0 Å². The molecule has 1 aromatic carbocycles. The minimum absolute atomic E-state index is 0.105. The van der Waals surface area contributed by atoms with Gasteiger partial charge in [-0.1, -0.05) is 36.4 Å². The molecule has 1 amide bonds. The van der Waals surface area contributed by atoms with Crippen molar-refractivity contribution in [3.63, 3.8) is 0 Å². The van der Waals surface area contributed by atoms with E-state index in [-0.39, 0.29) is 23.3 Å². The summed E-state index contributed by atoms with van der Waals surface area (Å²) in [6.45, 7) is 2.55. The zero-order chi connectivity index (χ0) is 17.1. The zero-order valence-electron chi connectivity index (χ0n) is 13.6. The first-order valence-corrected chi connectivity index (χ1v) is 8.11. The third kappa shape index (κ3) is 3.62. The first-order valence-electron chi connectivity index (χ1n) is 8.11. The molecule has 1 saturated carbocycles. The van der Waals surface area contributed by atoms with Crippen LogP contribution in [0.2, 0.25) is 0 Å². The van der Waals surface area contributed by atoms with Crippen LogP contribution in [0.1, 0.15) is 46.3 Å². The van der Waals surface area contributed by atoms with Gasteiger partial charge in [-0.3, -0.25) is 4.79 Å². The van der Waals surface area contributed by atoms with E-state index in [2.05, 4.69) is 11.9 Å². The average Bonchev–Trinajstić information content (AvgIpc) is 3.44. The van der Waals surface area contributed by atoms with Gasteiger partial charge in [-0.2, -0.15) is 0 Å². The van der Waals surface area contributed by atoms with E-state index in [4.69, 9.17) is 5.11 Å². The zero-order valence-corrected chi connectivity index (χ0v) is 13.6. The Bertz CT molecular complexity index is 741. The van der Waals surface area contributed by atoms with E-state index in [1.54, 1.807) is 17.0 Å². The molecule has 24 heavy (non-hydrogen) atoms. The summed E-state index contributed by atoms with van der Waals surface area (Å²) in [7, 11) is 0. The number of carbonyl (C=O) groups excluding carboxylic acids is 1. The van der Waals surface area contributed by atoms with E-state index < -0.39 is 5.97 Å². The van der Waals surface area contributed by atoms with Crippen molar-refractivity contribution in [1.82, 2.24) is 9.88 Å². The third-order valence-electron chi connectivity index (χ3n) is 4.44. The van der Waals surface area contributed by atoms with Crippen LogP contribution < -0.4 is 0 Å². The van der Waals surface area contributed by atoms with E-state index >= 15 is 0 Å². The number of hydrogen-bond donors (Lipinski definition) is 1. The number of rotatable bonds is 6. The summed E-state index contributed by atoms with van der Waals surface area (Å²) in [5, 5.41) is 9.08. The molecule has 0 bridgehead atoms. The lowest BCUT2D eigenvalue weighted by Crippen LogP contribution is -2.40. The molecule has 1 aliphatic carbocycles. The highest BCUT2D eigenvalue weighted by molar-refractivity contribution is 5.94. The number of carboxylic acid groups (broad SMARTS) is 1. The van der Waals surface area contributed by atoms with Crippen LogP contribution in [0.15, 0.2) is 48.5 Å². The Morgan fingerprint density at radius 1 is 1.12 bits per heavy atom. The molecule has 0 spiro atoms. The van der Waals surface area contributed by atoms with Crippen LogP contribution >= 0.6 is 0 Å². The molecule has 1 fully saturated rings. The van der Waals surface area contributed by atoms with Gasteiger partial charge in [0, 0.05) is 12.6 Å². The molecule has 3 rings (SSSR count). The Morgan fingerprint density at radius 3 is 2.42 bits per heavy atom. The topological polar surface area (TPSA) is 70.5 Å². The smallest absolute Gasteiger partial charge is 0.354 e. The molecule has 1 heterocycles. The van der Waals surface area contributed by atoms with Crippen LogP contribution in [0.3, 0.4) is 0 Å². The molecular formula is C19H20N2O3. The van der Waals surface area contributed by atoms with E-state index in [9.17, 15) is 9.59 Å². The molecule has 5 nitrogen and oxygen atoms in total. The first kappa shape index (κ1) is 16.2. The van der Waals surface area contributed by atoms with Crippen LogP contribution in [0.5, 0.6) is 0 Å². The molecular weight excluding hydrogens is 304 g/mol. The molecule has 5 heteroatoms. The highest BCUT2D eigenvalue weighted by Gasteiger charge is 2.35. The number of carboxylic acids is 1. The van der Waals surface area contributed by atoms with Gasteiger partial charge in [0.1, 0.15) is 11.4 Å². The second-order valence-electron chi connectivity index (χ2n) is 6.21. The minimum atomic E-state index is -1.13. The summed E-state index contributed by atoms with van der Waals surface area (Å²) < 4.78 is 0. The summed E-state index contributed by atoms with van der Waals surface area (Å²) in [5.74, 6) is -0.837. The van der Waals surface area contributed by atoms with Gasteiger partial charge >= 0.3 is 5.97 Å². The second-order valence-corrected chi connectivity index (χ2v) is 6.21. The molecule has 0 saturated heterocycles. The van der Waals surface area contributed by atoms with Gasteiger partial charge in [0.2, 0.25) is 0 Å². The van der Waals surface area contributed by atoms with Crippen LogP contribution in [0.4, 0.5) is 0 Å². The Morgan fingerprint density at radius 2 is 1.79 bits per heavy atom. The molecule has 1 aromatic heterocycles. The maximum absolute atomic E-state index is 13.0. The lowest BCUT2D eigenvalue weighted by Gasteiger charge is -2.29. The summed E-state index contributed by atoms with van der Waals surface area (Å²) in [6, 6.07) is 14.4. The van der Waals surface area contributed by atoms with Crippen molar-refractivity contribution in [2.75, 3.05) is 0 Å². The van der Waals surface area contributed by atoms with E-state index in [0.717, 1.165) is 18.4 Å². The number of carbonyl (C=O) groups is 2. The van der Waals surface area contributed by atoms with Crippen LogP contribution in [-0.2, 0) is 6.54 Å². The number of benzene rings is 1. The van der Waals surface area contributed by atoms with Crippen molar-refractivity contribution in [1.29, 1.82) is 0 Å². The van der Waals surface area contributed by atoms with Crippen LogP contribution in [-0.4, -0.2) is 32.9 Å². The molecule has 0 aliphatic heterocycles. The predicted octanol–water partition coefficient (Wildman–Crippen LogP) is 3.22. The van der Waals surface area contributed by atoms with Crippen LogP contribution in [0, 0.1) is 5.92 Å². The Hall–Kier alpha value is -2.69. The molecule has 124 valence electrons. The molecule has 1 aliphatic rings. The van der Waals surface area contributed by atoms with Crippen LogP contribution in [0.25, 0.3) is 0 Å². The summed E-state index contributed by atoms with van der Waals surface area (Å²) >= 11 is 0. The largest absolute Gasteiger partial charge is 0.477 e.